The van der Waals surface area contributed by atoms with Crippen LogP contribution in [0.5, 0.6) is 5.75 Å². The lowest BCUT2D eigenvalue weighted by Gasteiger charge is -2.17. The van der Waals surface area contributed by atoms with Crippen molar-refractivity contribution >= 4 is 5.91 Å². The molecule has 0 fully saturated rings. The first-order chi connectivity index (χ1) is 8.67. The van der Waals surface area contributed by atoms with Crippen LogP contribution in [-0.4, -0.2) is 19.1 Å². The summed E-state index contributed by atoms with van der Waals surface area (Å²) in [6.07, 6.45) is 1.27. The maximum atomic E-state index is 11.1. The van der Waals surface area contributed by atoms with Gasteiger partial charge >= 0.3 is 0 Å². The summed E-state index contributed by atoms with van der Waals surface area (Å²) in [7, 11) is 0. The van der Waals surface area contributed by atoms with Crippen molar-refractivity contribution in [3.8, 4) is 5.75 Å². The molecule has 1 atom stereocenters. The number of ether oxygens (including phenoxy) is 1. The van der Waals surface area contributed by atoms with Gasteiger partial charge in [-0.3, -0.25) is 4.79 Å². The van der Waals surface area contributed by atoms with Crippen molar-refractivity contribution in [2.75, 3.05) is 13.2 Å². The third-order valence-electron chi connectivity index (χ3n) is 2.59. The van der Waals surface area contributed by atoms with E-state index in [1.165, 1.54) is 0 Å². The summed E-state index contributed by atoms with van der Waals surface area (Å²) in [6.45, 7) is 5.56. The second-order valence-corrected chi connectivity index (χ2v) is 4.20. The van der Waals surface area contributed by atoms with E-state index < -0.39 is 0 Å². The number of nitrogens with two attached hydrogens (primary N) is 1. The van der Waals surface area contributed by atoms with Crippen molar-refractivity contribution in [2.24, 2.45) is 5.73 Å². The van der Waals surface area contributed by atoms with E-state index in [1.54, 1.807) is 0 Å². The fourth-order valence-electron chi connectivity index (χ4n) is 1.80. The molecule has 4 heteroatoms. The number of amides is 1. The lowest BCUT2D eigenvalue weighted by atomic mass is 10.0. The minimum Gasteiger partial charge on any atom is -0.494 e. The topological polar surface area (TPSA) is 64.3 Å². The minimum atomic E-state index is -0.305. The molecule has 0 saturated heterocycles. The highest BCUT2D eigenvalue weighted by Crippen LogP contribution is 2.21. The number of benzene rings is 1. The number of hydrogen-bond acceptors (Lipinski definition) is 3. The Labute approximate surface area is 109 Å². The first-order valence-corrected chi connectivity index (χ1v) is 6.41. The van der Waals surface area contributed by atoms with Crippen LogP contribution < -0.4 is 15.8 Å². The number of carbonyl (C=O) groups excluding carboxylic acids is 1. The van der Waals surface area contributed by atoms with E-state index in [1.807, 2.05) is 31.2 Å². The highest BCUT2D eigenvalue weighted by molar-refractivity contribution is 5.74. The third kappa shape index (κ3) is 4.75. The summed E-state index contributed by atoms with van der Waals surface area (Å²) < 4.78 is 5.59. The maximum absolute atomic E-state index is 11.1. The molecule has 0 aromatic heterocycles. The van der Waals surface area contributed by atoms with Crippen molar-refractivity contribution in [1.29, 1.82) is 0 Å². The highest BCUT2D eigenvalue weighted by atomic mass is 16.5. The largest absolute Gasteiger partial charge is 0.494 e. The minimum absolute atomic E-state index is 0.0438. The standard InChI is InChI=1S/C14H22N2O2/c1-3-8-18-12-7-5-6-11(9-12)13(16-4-2)10-14(15)17/h5-7,9,13,16H,3-4,8,10H2,1-2H3,(H2,15,17). The van der Waals surface area contributed by atoms with Gasteiger partial charge in [-0.2, -0.15) is 0 Å². The summed E-state index contributed by atoms with van der Waals surface area (Å²) in [5.74, 6) is 0.530. The molecule has 0 aliphatic rings. The zero-order valence-electron chi connectivity index (χ0n) is 11.1. The lowest BCUT2D eigenvalue weighted by molar-refractivity contribution is -0.118. The van der Waals surface area contributed by atoms with Crippen LogP contribution in [-0.2, 0) is 4.79 Å². The van der Waals surface area contributed by atoms with Crippen LogP contribution in [0.25, 0.3) is 0 Å². The van der Waals surface area contributed by atoms with Crippen LogP contribution in [0, 0.1) is 0 Å². The second-order valence-electron chi connectivity index (χ2n) is 4.20. The summed E-state index contributed by atoms with van der Waals surface area (Å²) in [4.78, 5) is 11.1. The highest BCUT2D eigenvalue weighted by Gasteiger charge is 2.13. The first kappa shape index (κ1) is 14.5. The molecular weight excluding hydrogens is 228 g/mol. The molecule has 3 N–H and O–H groups in total. The quantitative estimate of drug-likeness (QED) is 0.741. The summed E-state index contributed by atoms with van der Waals surface area (Å²) in [5, 5.41) is 3.26. The molecule has 1 amide bonds. The molecule has 1 aromatic rings. The molecule has 1 rings (SSSR count). The van der Waals surface area contributed by atoms with E-state index in [9.17, 15) is 4.79 Å². The Morgan fingerprint density at radius 1 is 1.44 bits per heavy atom. The van der Waals surface area contributed by atoms with Crippen molar-refractivity contribution < 1.29 is 9.53 Å². The van der Waals surface area contributed by atoms with E-state index in [0.29, 0.717) is 13.0 Å². The SMILES string of the molecule is CCCOc1cccc(C(CC(N)=O)NCC)c1. The number of rotatable bonds is 8. The number of nitrogens with one attached hydrogen (secondary N) is 1. The van der Waals surface area contributed by atoms with Crippen LogP contribution in [0.15, 0.2) is 24.3 Å². The maximum Gasteiger partial charge on any atom is 0.219 e. The van der Waals surface area contributed by atoms with Gasteiger partial charge in [-0.15, -0.1) is 0 Å². The molecule has 18 heavy (non-hydrogen) atoms. The monoisotopic (exact) mass is 250 g/mol. The fraction of sp³-hybridized carbons (Fsp3) is 0.500. The van der Waals surface area contributed by atoms with E-state index in [4.69, 9.17) is 10.5 Å². The summed E-state index contributed by atoms with van der Waals surface area (Å²) in [5.41, 5.74) is 6.30. The zero-order chi connectivity index (χ0) is 13.4. The Hall–Kier alpha value is -1.55. The average Bonchev–Trinajstić information content (AvgIpc) is 2.36. The van der Waals surface area contributed by atoms with Crippen LogP contribution in [0.3, 0.4) is 0 Å². The molecule has 0 aliphatic heterocycles. The predicted molar refractivity (Wildman–Crippen MR) is 72.5 cm³/mol. The Balaban J connectivity index is 2.79. The Bertz CT molecular complexity index is 380. The van der Waals surface area contributed by atoms with Gasteiger partial charge in [0, 0.05) is 12.5 Å². The summed E-state index contributed by atoms with van der Waals surface area (Å²) >= 11 is 0. The zero-order valence-corrected chi connectivity index (χ0v) is 11.1. The molecule has 1 aromatic carbocycles. The van der Waals surface area contributed by atoms with Crippen LogP contribution in [0.2, 0.25) is 0 Å². The molecule has 0 spiro atoms. The van der Waals surface area contributed by atoms with Gasteiger partial charge < -0.3 is 15.8 Å². The van der Waals surface area contributed by atoms with Gasteiger partial charge in [0.25, 0.3) is 0 Å². The van der Waals surface area contributed by atoms with E-state index in [-0.39, 0.29) is 11.9 Å². The Morgan fingerprint density at radius 3 is 2.83 bits per heavy atom. The van der Waals surface area contributed by atoms with Gasteiger partial charge in [0.2, 0.25) is 5.91 Å². The normalized spacial score (nSPS) is 12.1. The van der Waals surface area contributed by atoms with Crippen LogP contribution in [0.4, 0.5) is 0 Å². The van der Waals surface area contributed by atoms with Crippen LogP contribution >= 0.6 is 0 Å². The van der Waals surface area contributed by atoms with Crippen molar-refractivity contribution in [2.45, 2.75) is 32.7 Å². The Morgan fingerprint density at radius 2 is 2.22 bits per heavy atom. The van der Waals surface area contributed by atoms with Gasteiger partial charge in [-0.05, 0) is 30.7 Å². The smallest absolute Gasteiger partial charge is 0.219 e. The van der Waals surface area contributed by atoms with Gasteiger partial charge in [0.15, 0.2) is 0 Å². The van der Waals surface area contributed by atoms with Crippen molar-refractivity contribution in [3.63, 3.8) is 0 Å². The Kier molecular flexibility index (Phi) is 6.22. The molecular formula is C14H22N2O2. The number of hydrogen-bond donors (Lipinski definition) is 2. The molecule has 0 aliphatic carbocycles. The molecule has 4 nitrogen and oxygen atoms in total. The first-order valence-electron chi connectivity index (χ1n) is 6.41. The van der Waals surface area contributed by atoms with Gasteiger partial charge in [0.05, 0.1) is 6.61 Å². The van der Waals surface area contributed by atoms with Gasteiger partial charge in [-0.1, -0.05) is 26.0 Å². The number of carbonyl (C=O) groups is 1. The fourth-order valence-corrected chi connectivity index (χ4v) is 1.80. The van der Waals surface area contributed by atoms with Crippen molar-refractivity contribution in [1.82, 2.24) is 5.32 Å². The van der Waals surface area contributed by atoms with E-state index >= 15 is 0 Å². The molecule has 0 saturated carbocycles. The second kappa shape index (κ2) is 7.71. The lowest BCUT2D eigenvalue weighted by Crippen LogP contribution is -2.26. The molecule has 100 valence electrons. The van der Waals surface area contributed by atoms with E-state index in [2.05, 4.69) is 12.2 Å². The number of primary amides is 1. The van der Waals surface area contributed by atoms with E-state index in [0.717, 1.165) is 24.3 Å². The van der Waals surface area contributed by atoms with Crippen molar-refractivity contribution in [3.05, 3.63) is 29.8 Å². The molecule has 1 unspecified atom stereocenters. The van der Waals surface area contributed by atoms with Gasteiger partial charge in [0.1, 0.15) is 5.75 Å². The van der Waals surface area contributed by atoms with Gasteiger partial charge in [-0.25, -0.2) is 0 Å². The molecule has 0 heterocycles. The predicted octanol–water partition coefficient (Wildman–Crippen LogP) is 2.00. The molecule has 0 bridgehead atoms. The summed E-state index contributed by atoms with van der Waals surface area (Å²) in [6, 6.07) is 7.76. The molecule has 0 radical (unpaired) electrons. The average molecular weight is 250 g/mol. The van der Waals surface area contributed by atoms with Crippen LogP contribution in [0.1, 0.15) is 38.3 Å². The third-order valence-corrected chi connectivity index (χ3v) is 2.59.